The van der Waals surface area contributed by atoms with Crippen molar-refractivity contribution in [1.82, 2.24) is 14.8 Å². The first-order valence-corrected chi connectivity index (χ1v) is 9.01. The summed E-state index contributed by atoms with van der Waals surface area (Å²) in [5.74, 6) is -2.47. The molecule has 0 spiro atoms. The highest BCUT2D eigenvalue weighted by Crippen LogP contribution is 2.27. The molecule has 0 saturated carbocycles. The minimum atomic E-state index is -1.02. The van der Waals surface area contributed by atoms with Crippen LogP contribution in [0.3, 0.4) is 0 Å². The quantitative estimate of drug-likeness (QED) is 0.548. The lowest BCUT2D eigenvalue weighted by atomic mass is 10.2. The fraction of sp³-hybridized carbons (Fsp3) is 0.111. The molecule has 0 aliphatic carbocycles. The lowest BCUT2D eigenvalue weighted by Crippen LogP contribution is -2.31. The van der Waals surface area contributed by atoms with E-state index in [1.807, 2.05) is 0 Å². The van der Waals surface area contributed by atoms with Gasteiger partial charge in [-0.15, -0.1) is 0 Å². The Kier molecular flexibility index (Phi) is 4.47. The van der Waals surface area contributed by atoms with Crippen LogP contribution >= 0.6 is 11.3 Å². The van der Waals surface area contributed by atoms with Crippen molar-refractivity contribution in [3.63, 3.8) is 0 Å². The lowest BCUT2D eigenvalue weighted by Gasteiger charge is -2.07. The topological polar surface area (TPSA) is 96.9 Å². The first-order chi connectivity index (χ1) is 13.4. The van der Waals surface area contributed by atoms with E-state index in [-0.39, 0.29) is 34.4 Å². The van der Waals surface area contributed by atoms with Gasteiger partial charge in [-0.05, 0) is 18.2 Å². The molecule has 0 bridgehead atoms. The Bertz CT molecular complexity index is 1300. The number of nitrogens with zero attached hydrogens (tertiary/aromatic N) is 2. The van der Waals surface area contributed by atoms with Crippen molar-refractivity contribution in [3.05, 3.63) is 68.7 Å². The van der Waals surface area contributed by atoms with Crippen molar-refractivity contribution in [2.24, 2.45) is 0 Å². The Morgan fingerprint density at radius 3 is 2.64 bits per heavy atom. The third-order valence-electron chi connectivity index (χ3n) is 4.12. The van der Waals surface area contributed by atoms with Gasteiger partial charge in [0.25, 0.3) is 11.1 Å². The Labute approximate surface area is 159 Å². The summed E-state index contributed by atoms with van der Waals surface area (Å²) in [5, 5.41) is 5.70. The molecule has 0 atom stereocenters. The summed E-state index contributed by atoms with van der Waals surface area (Å²) in [5.41, 5.74) is -0.603. The van der Waals surface area contributed by atoms with Gasteiger partial charge in [-0.2, -0.15) is 0 Å². The number of aromatic nitrogens is 3. The van der Waals surface area contributed by atoms with Gasteiger partial charge in [0.05, 0.1) is 27.5 Å². The van der Waals surface area contributed by atoms with Crippen molar-refractivity contribution in [1.29, 1.82) is 0 Å². The Hall–Kier alpha value is -3.40. The zero-order valence-corrected chi connectivity index (χ0v) is 15.0. The number of fused-ring (bicyclic) bond motifs is 2. The number of nitrogens with one attached hydrogen (secondary N) is 2. The van der Waals surface area contributed by atoms with Gasteiger partial charge in [0.2, 0.25) is 5.91 Å². The Morgan fingerprint density at radius 2 is 1.86 bits per heavy atom. The van der Waals surface area contributed by atoms with Gasteiger partial charge in [0.1, 0.15) is 0 Å². The molecule has 2 aromatic carbocycles. The molecule has 10 heteroatoms. The highest BCUT2D eigenvalue weighted by molar-refractivity contribution is 7.22. The number of aryl methyl sites for hydroxylation is 1. The standard InChI is InChI=1S/C18H12F2N4O3S/c19-11-7-13-14(8-12(11)20)28-18(21-13)22-15(25)5-6-24-17(27)10-4-2-1-3-9(10)16(26)23-24/h1-4,7-8H,5-6H2,(H,23,26)(H,21,22,25). The number of hydrogen-bond donors (Lipinski definition) is 2. The van der Waals surface area contributed by atoms with Crippen LogP contribution in [-0.4, -0.2) is 20.7 Å². The van der Waals surface area contributed by atoms with Crippen molar-refractivity contribution < 1.29 is 13.6 Å². The molecule has 7 nitrogen and oxygen atoms in total. The molecule has 142 valence electrons. The van der Waals surface area contributed by atoms with E-state index >= 15 is 0 Å². The molecule has 28 heavy (non-hydrogen) atoms. The molecule has 0 radical (unpaired) electrons. The minimum absolute atomic E-state index is 0.0428. The summed E-state index contributed by atoms with van der Waals surface area (Å²) >= 11 is 1.00. The molecule has 0 unspecified atom stereocenters. The molecule has 0 aliphatic heterocycles. The fourth-order valence-electron chi connectivity index (χ4n) is 2.78. The Balaban J connectivity index is 1.51. The summed E-state index contributed by atoms with van der Waals surface area (Å²) in [6.45, 7) is -0.0428. The van der Waals surface area contributed by atoms with E-state index < -0.39 is 28.7 Å². The molecular formula is C18H12F2N4O3S. The maximum Gasteiger partial charge on any atom is 0.273 e. The first kappa shape index (κ1) is 18.0. The molecular weight excluding hydrogens is 390 g/mol. The maximum absolute atomic E-state index is 13.3. The number of hydrogen-bond acceptors (Lipinski definition) is 5. The van der Waals surface area contributed by atoms with Crippen LogP contribution in [0.5, 0.6) is 0 Å². The fourth-order valence-corrected chi connectivity index (χ4v) is 3.66. The van der Waals surface area contributed by atoms with E-state index in [9.17, 15) is 23.2 Å². The number of thiazole rings is 1. The number of rotatable bonds is 4. The first-order valence-electron chi connectivity index (χ1n) is 8.19. The van der Waals surface area contributed by atoms with Crippen LogP contribution in [0.4, 0.5) is 13.9 Å². The molecule has 0 saturated heterocycles. The van der Waals surface area contributed by atoms with Gasteiger partial charge < -0.3 is 5.32 Å². The molecule has 0 fully saturated rings. The zero-order valence-electron chi connectivity index (χ0n) is 14.2. The summed E-state index contributed by atoms with van der Waals surface area (Å²) in [6, 6.07) is 8.37. The number of carbonyl (C=O) groups is 1. The van der Waals surface area contributed by atoms with E-state index in [2.05, 4.69) is 15.4 Å². The average molecular weight is 402 g/mol. The predicted molar refractivity (Wildman–Crippen MR) is 102 cm³/mol. The average Bonchev–Trinajstić information content (AvgIpc) is 3.04. The zero-order chi connectivity index (χ0) is 19.8. The number of amides is 1. The maximum atomic E-state index is 13.3. The summed E-state index contributed by atoms with van der Waals surface area (Å²) in [6.07, 6.45) is -0.104. The van der Waals surface area contributed by atoms with Gasteiger partial charge in [-0.25, -0.2) is 18.4 Å². The number of H-pyrrole nitrogens is 1. The van der Waals surface area contributed by atoms with Crippen LogP contribution < -0.4 is 16.4 Å². The number of halogens is 2. The van der Waals surface area contributed by atoms with Gasteiger partial charge in [-0.1, -0.05) is 23.5 Å². The van der Waals surface area contributed by atoms with E-state index in [0.717, 1.165) is 28.2 Å². The molecule has 2 aromatic heterocycles. The second kappa shape index (κ2) is 6.97. The highest BCUT2D eigenvalue weighted by atomic mass is 32.1. The van der Waals surface area contributed by atoms with Gasteiger partial charge >= 0.3 is 0 Å². The molecule has 2 heterocycles. The normalized spacial score (nSPS) is 11.2. The third-order valence-corrected chi connectivity index (χ3v) is 5.06. The highest BCUT2D eigenvalue weighted by Gasteiger charge is 2.13. The van der Waals surface area contributed by atoms with Crippen LogP contribution in [-0.2, 0) is 11.3 Å². The molecule has 2 N–H and O–H groups in total. The van der Waals surface area contributed by atoms with Gasteiger partial charge in [0, 0.05) is 12.5 Å². The summed E-state index contributed by atoms with van der Waals surface area (Å²) in [7, 11) is 0. The number of anilines is 1. The van der Waals surface area contributed by atoms with Gasteiger partial charge in [-0.3, -0.25) is 19.5 Å². The van der Waals surface area contributed by atoms with Crippen LogP contribution in [0.25, 0.3) is 21.0 Å². The smallest absolute Gasteiger partial charge is 0.273 e. The Morgan fingerprint density at radius 1 is 1.14 bits per heavy atom. The second-order valence-corrected chi connectivity index (χ2v) is 7.03. The number of carbonyl (C=O) groups excluding carboxylic acids is 1. The van der Waals surface area contributed by atoms with E-state index in [1.54, 1.807) is 24.3 Å². The van der Waals surface area contributed by atoms with Crippen molar-refractivity contribution >= 4 is 43.4 Å². The molecule has 4 aromatic rings. The number of benzene rings is 2. The molecule has 1 amide bonds. The summed E-state index contributed by atoms with van der Waals surface area (Å²) in [4.78, 5) is 40.7. The number of aromatic amines is 1. The van der Waals surface area contributed by atoms with E-state index in [1.165, 1.54) is 0 Å². The van der Waals surface area contributed by atoms with Crippen LogP contribution in [0.15, 0.2) is 46.0 Å². The predicted octanol–water partition coefficient (Wildman–Crippen LogP) is 2.61. The van der Waals surface area contributed by atoms with E-state index in [4.69, 9.17) is 0 Å². The van der Waals surface area contributed by atoms with Crippen molar-refractivity contribution in [2.75, 3.05) is 5.32 Å². The van der Waals surface area contributed by atoms with Crippen molar-refractivity contribution in [2.45, 2.75) is 13.0 Å². The second-order valence-electron chi connectivity index (χ2n) is 5.99. The monoisotopic (exact) mass is 402 g/mol. The third kappa shape index (κ3) is 3.29. The van der Waals surface area contributed by atoms with Crippen LogP contribution in [0, 0.1) is 11.6 Å². The summed E-state index contributed by atoms with van der Waals surface area (Å²) < 4.78 is 28.0. The van der Waals surface area contributed by atoms with Crippen LogP contribution in [0.1, 0.15) is 6.42 Å². The molecule has 0 aliphatic rings. The SMILES string of the molecule is O=C(CCn1[nH]c(=O)c2ccccc2c1=O)Nc1nc2cc(F)c(F)cc2s1. The largest absolute Gasteiger partial charge is 0.302 e. The van der Waals surface area contributed by atoms with Gasteiger partial charge in [0.15, 0.2) is 16.8 Å². The van der Waals surface area contributed by atoms with Crippen molar-refractivity contribution in [3.8, 4) is 0 Å². The minimum Gasteiger partial charge on any atom is -0.302 e. The molecule has 4 rings (SSSR count). The lowest BCUT2D eigenvalue weighted by molar-refractivity contribution is -0.116. The van der Waals surface area contributed by atoms with Crippen LogP contribution in [0.2, 0.25) is 0 Å². The van der Waals surface area contributed by atoms with E-state index in [0.29, 0.717) is 4.70 Å².